The van der Waals surface area contributed by atoms with Crippen molar-refractivity contribution in [2.45, 2.75) is 58.5 Å². The zero-order chi connectivity index (χ0) is 24.4. The predicted molar refractivity (Wildman–Crippen MR) is 132 cm³/mol. The van der Waals surface area contributed by atoms with Crippen molar-refractivity contribution in [2.75, 3.05) is 0 Å². The summed E-state index contributed by atoms with van der Waals surface area (Å²) in [5, 5.41) is 14.1. The molecule has 1 fully saturated rings. The Labute approximate surface area is 203 Å². The minimum Gasteiger partial charge on any atom is -0.297 e. The van der Waals surface area contributed by atoms with E-state index >= 15 is 0 Å². The molecule has 9 nitrogen and oxygen atoms in total. The molecule has 3 aromatic heterocycles. The average Bonchev–Trinajstić information content (AvgIpc) is 3.51. The molecule has 2 unspecified atom stereocenters. The van der Waals surface area contributed by atoms with Crippen LogP contribution in [-0.4, -0.2) is 40.5 Å². The summed E-state index contributed by atoms with van der Waals surface area (Å²) in [7, 11) is 0. The molecule has 0 saturated heterocycles. The third kappa shape index (κ3) is 4.45. The fourth-order valence-electron chi connectivity index (χ4n) is 4.85. The molecule has 3 heterocycles. The predicted octanol–water partition coefficient (Wildman–Crippen LogP) is 3.82. The Morgan fingerprint density at radius 3 is 2.66 bits per heavy atom. The first-order valence-electron chi connectivity index (χ1n) is 12.2. The Morgan fingerprint density at radius 1 is 1.09 bits per heavy atom. The van der Waals surface area contributed by atoms with Crippen molar-refractivity contribution in [2.24, 2.45) is 5.92 Å². The highest BCUT2D eigenvalue weighted by molar-refractivity contribution is 5.89. The van der Waals surface area contributed by atoms with Crippen LogP contribution in [0.3, 0.4) is 0 Å². The average molecular weight is 472 g/mol. The molecule has 1 aromatic carbocycles. The summed E-state index contributed by atoms with van der Waals surface area (Å²) in [4.78, 5) is 30.4. The highest BCUT2D eigenvalue weighted by Crippen LogP contribution is 2.36. The number of hydrogen-bond acceptors (Lipinski definition) is 6. The zero-order valence-corrected chi connectivity index (χ0v) is 20.0. The van der Waals surface area contributed by atoms with Crippen molar-refractivity contribution in [3.8, 4) is 22.5 Å². The van der Waals surface area contributed by atoms with Crippen LogP contribution in [0.25, 0.3) is 22.5 Å². The molecule has 180 valence electrons. The number of aryl methyl sites for hydroxylation is 1. The lowest BCUT2D eigenvalue weighted by molar-refractivity contribution is -0.133. The molecule has 5 rings (SSSR count). The van der Waals surface area contributed by atoms with Gasteiger partial charge in [-0.05, 0) is 58.5 Å². The maximum atomic E-state index is 13.5. The van der Waals surface area contributed by atoms with E-state index in [4.69, 9.17) is 0 Å². The van der Waals surface area contributed by atoms with E-state index in [-0.39, 0.29) is 23.4 Å². The summed E-state index contributed by atoms with van der Waals surface area (Å²) >= 11 is 0. The van der Waals surface area contributed by atoms with Gasteiger partial charge in [0.15, 0.2) is 11.6 Å². The van der Waals surface area contributed by atoms with Crippen LogP contribution < -0.4 is 5.69 Å². The normalized spacial score (nSPS) is 17.5. The lowest BCUT2D eigenvalue weighted by Gasteiger charge is -2.34. The van der Waals surface area contributed by atoms with Crippen molar-refractivity contribution in [3.05, 3.63) is 70.7 Å². The SMILES string of the molecule is CCCCc1cn(C2C(=O)CC2CC)c(=O)n1Cc1cc(-c2cccc(-c3nnn[nH]3)c2)ccn1. The number of aromatic amines is 1. The zero-order valence-electron chi connectivity index (χ0n) is 20.0. The molecule has 4 aromatic rings. The number of benzene rings is 1. The molecule has 0 bridgehead atoms. The Kier molecular flexibility index (Phi) is 6.39. The number of hydrogen-bond donors (Lipinski definition) is 1. The maximum absolute atomic E-state index is 13.5. The first-order valence-corrected chi connectivity index (χ1v) is 12.2. The number of rotatable bonds is 9. The molecule has 0 aliphatic heterocycles. The van der Waals surface area contributed by atoms with E-state index in [1.165, 1.54) is 0 Å². The summed E-state index contributed by atoms with van der Waals surface area (Å²) in [5.41, 5.74) is 4.50. The van der Waals surface area contributed by atoms with Gasteiger partial charge in [0.05, 0.1) is 18.3 Å². The first-order chi connectivity index (χ1) is 17.1. The third-order valence-corrected chi connectivity index (χ3v) is 6.89. The number of carbonyl (C=O) groups is 1. The number of tetrazole rings is 1. The van der Waals surface area contributed by atoms with Crippen molar-refractivity contribution < 1.29 is 4.79 Å². The van der Waals surface area contributed by atoms with Gasteiger partial charge in [-0.1, -0.05) is 44.9 Å². The lowest BCUT2D eigenvalue weighted by atomic mass is 9.76. The Hall–Kier alpha value is -3.88. The van der Waals surface area contributed by atoms with Gasteiger partial charge >= 0.3 is 5.69 Å². The van der Waals surface area contributed by atoms with Crippen molar-refractivity contribution >= 4 is 5.78 Å². The Balaban J connectivity index is 1.47. The van der Waals surface area contributed by atoms with Gasteiger partial charge in [-0.25, -0.2) is 9.89 Å². The minimum absolute atomic E-state index is 0.125. The number of unbranched alkanes of at least 4 members (excludes halogenated alkanes) is 1. The molecular formula is C26H29N7O2. The lowest BCUT2D eigenvalue weighted by Crippen LogP contribution is -2.43. The summed E-state index contributed by atoms with van der Waals surface area (Å²) in [6.07, 6.45) is 7.94. The highest BCUT2D eigenvalue weighted by atomic mass is 16.2. The topological polar surface area (TPSA) is 111 Å². The number of nitrogens with one attached hydrogen (secondary N) is 1. The van der Waals surface area contributed by atoms with E-state index in [1.807, 2.05) is 42.6 Å². The second-order valence-electron chi connectivity index (χ2n) is 9.15. The molecule has 2 atom stereocenters. The van der Waals surface area contributed by atoms with E-state index < -0.39 is 0 Å². The summed E-state index contributed by atoms with van der Waals surface area (Å²) < 4.78 is 3.46. The smallest absolute Gasteiger partial charge is 0.297 e. The molecule has 0 spiro atoms. The van der Waals surface area contributed by atoms with Crippen LogP contribution in [0.4, 0.5) is 0 Å². The van der Waals surface area contributed by atoms with Crippen LogP contribution in [0.1, 0.15) is 57.0 Å². The fraction of sp³-hybridized carbons (Fsp3) is 0.385. The molecule has 1 aliphatic carbocycles. The number of Topliss-reactive ketones (excluding diaryl/α,β-unsaturated/α-hetero) is 1. The standard InChI is InChI=1S/C26H29N7O2/c1-3-5-9-22-16-33(24-17(4-2)14-23(24)34)26(35)32(22)15-21-13-19(10-11-27-21)18-7-6-8-20(12-18)25-28-30-31-29-25/h6-8,10-13,16-17,24H,3-5,9,14-15H2,1-2H3,(H,28,29,30,31). The molecule has 0 amide bonds. The van der Waals surface area contributed by atoms with E-state index in [0.29, 0.717) is 18.8 Å². The summed E-state index contributed by atoms with van der Waals surface area (Å²) in [5.74, 6) is 0.994. The number of H-pyrrole nitrogens is 1. The molecule has 1 saturated carbocycles. The summed E-state index contributed by atoms with van der Waals surface area (Å²) in [6.45, 7) is 4.58. The maximum Gasteiger partial charge on any atom is 0.329 e. The van der Waals surface area contributed by atoms with Gasteiger partial charge in [-0.3, -0.25) is 18.9 Å². The van der Waals surface area contributed by atoms with Gasteiger partial charge in [0.1, 0.15) is 0 Å². The van der Waals surface area contributed by atoms with E-state index in [9.17, 15) is 9.59 Å². The number of nitrogens with zero attached hydrogens (tertiary/aromatic N) is 6. The monoisotopic (exact) mass is 471 g/mol. The van der Waals surface area contributed by atoms with Gasteiger partial charge in [0, 0.05) is 30.1 Å². The van der Waals surface area contributed by atoms with Crippen molar-refractivity contribution in [3.63, 3.8) is 0 Å². The number of aromatic nitrogens is 7. The molecule has 1 aliphatic rings. The molecule has 9 heteroatoms. The molecular weight excluding hydrogens is 442 g/mol. The molecule has 35 heavy (non-hydrogen) atoms. The first kappa shape index (κ1) is 22.9. The van der Waals surface area contributed by atoms with Gasteiger partial charge in [-0.2, -0.15) is 0 Å². The number of imidazole rings is 1. The van der Waals surface area contributed by atoms with Gasteiger partial charge in [0.25, 0.3) is 0 Å². The van der Waals surface area contributed by atoms with Gasteiger partial charge in [0.2, 0.25) is 0 Å². The molecule has 0 radical (unpaired) electrons. The second-order valence-corrected chi connectivity index (χ2v) is 9.15. The number of carbonyl (C=O) groups excluding carboxylic acids is 1. The van der Waals surface area contributed by atoms with E-state index in [2.05, 4.69) is 39.5 Å². The van der Waals surface area contributed by atoms with Crippen LogP contribution in [0.5, 0.6) is 0 Å². The van der Waals surface area contributed by atoms with Gasteiger partial charge < -0.3 is 0 Å². The highest BCUT2D eigenvalue weighted by Gasteiger charge is 2.41. The van der Waals surface area contributed by atoms with Crippen LogP contribution in [0.2, 0.25) is 0 Å². The second kappa shape index (κ2) is 9.77. The van der Waals surface area contributed by atoms with Crippen molar-refractivity contribution in [1.29, 1.82) is 0 Å². The van der Waals surface area contributed by atoms with E-state index in [0.717, 1.165) is 53.8 Å². The summed E-state index contributed by atoms with van der Waals surface area (Å²) in [6, 6.07) is 11.6. The van der Waals surface area contributed by atoms with E-state index in [1.54, 1.807) is 15.3 Å². The number of ketones is 1. The largest absolute Gasteiger partial charge is 0.329 e. The third-order valence-electron chi connectivity index (χ3n) is 6.89. The fourth-order valence-corrected chi connectivity index (χ4v) is 4.85. The Bertz CT molecular complexity index is 1390. The Morgan fingerprint density at radius 2 is 1.91 bits per heavy atom. The minimum atomic E-state index is -0.332. The number of pyridine rings is 1. The molecule has 1 N–H and O–H groups in total. The van der Waals surface area contributed by atoms with Crippen LogP contribution in [-0.2, 0) is 17.8 Å². The quantitative estimate of drug-likeness (QED) is 0.397. The van der Waals surface area contributed by atoms with Gasteiger partial charge in [-0.15, -0.1) is 5.10 Å². The van der Waals surface area contributed by atoms with Crippen molar-refractivity contribution in [1.82, 2.24) is 34.7 Å². The van der Waals surface area contributed by atoms with Crippen LogP contribution in [0.15, 0.2) is 53.6 Å². The van der Waals surface area contributed by atoms with Crippen LogP contribution >= 0.6 is 0 Å². The van der Waals surface area contributed by atoms with Crippen LogP contribution in [0, 0.1) is 5.92 Å².